The molecule has 0 spiro atoms. The predicted octanol–water partition coefficient (Wildman–Crippen LogP) is 2.93. The van der Waals surface area contributed by atoms with Gasteiger partial charge < -0.3 is 4.74 Å². The van der Waals surface area contributed by atoms with Crippen LogP contribution < -0.4 is 4.74 Å². The minimum absolute atomic E-state index is 0.452. The van der Waals surface area contributed by atoms with Crippen molar-refractivity contribution in [1.82, 2.24) is 34.2 Å². The molecule has 144 valence electrons. The summed E-state index contributed by atoms with van der Waals surface area (Å²) in [6.45, 7) is 4.90. The van der Waals surface area contributed by atoms with Crippen LogP contribution in [-0.2, 0) is 13.6 Å². The number of fused-ring (bicyclic) bond motifs is 1. The summed E-state index contributed by atoms with van der Waals surface area (Å²) in [6, 6.07) is 6.06. The quantitative estimate of drug-likeness (QED) is 0.535. The molecule has 0 aromatic carbocycles. The largest absolute Gasteiger partial charge is 0.481 e. The van der Waals surface area contributed by atoms with Gasteiger partial charge >= 0.3 is 0 Å². The molecule has 0 saturated heterocycles. The molecule has 28 heavy (non-hydrogen) atoms. The van der Waals surface area contributed by atoms with E-state index in [1.165, 1.54) is 5.56 Å². The summed E-state index contributed by atoms with van der Waals surface area (Å²) < 4.78 is 11.0. The molecule has 0 aliphatic heterocycles. The summed E-state index contributed by atoms with van der Waals surface area (Å²) >= 11 is 0. The summed E-state index contributed by atoms with van der Waals surface area (Å²) in [6.07, 6.45) is 5.19. The second-order valence-electron chi connectivity index (χ2n) is 7.41. The van der Waals surface area contributed by atoms with E-state index in [-0.39, 0.29) is 0 Å². The van der Waals surface area contributed by atoms with Crippen molar-refractivity contribution in [3.63, 3.8) is 0 Å². The van der Waals surface area contributed by atoms with Gasteiger partial charge in [0.1, 0.15) is 5.69 Å². The van der Waals surface area contributed by atoms with E-state index in [1.54, 1.807) is 7.11 Å². The lowest BCUT2D eigenvalue weighted by Gasteiger charge is -2.02. The van der Waals surface area contributed by atoms with Crippen LogP contribution in [0.3, 0.4) is 0 Å². The number of aromatic nitrogens is 7. The molecule has 1 aliphatic rings. The van der Waals surface area contributed by atoms with E-state index in [0.717, 1.165) is 41.4 Å². The summed E-state index contributed by atoms with van der Waals surface area (Å²) in [7, 11) is 3.58. The molecule has 4 heterocycles. The van der Waals surface area contributed by atoms with E-state index in [2.05, 4.69) is 29.3 Å². The molecule has 1 fully saturated rings. The van der Waals surface area contributed by atoms with E-state index in [0.29, 0.717) is 17.7 Å². The van der Waals surface area contributed by atoms with Crippen molar-refractivity contribution in [2.75, 3.05) is 7.11 Å². The van der Waals surface area contributed by atoms with Gasteiger partial charge in [-0.3, -0.25) is 9.36 Å². The molecule has 0 radical (unpaired) electrons. The smallest absolute Gasteiger partial charge is 0.216 e. The van der Waals surface area contributed by atoms with Crippen molar-refractivity contribution in [3.8, 4) is 17.3 Å². The molecule has 8 nitrogen and oxygen atoms in total. The third-order valence-electron chi connectivity index (χ3n) is 5.48. The molecule has 2 unspecified atom stereocenters. The fraction of sp³-hybridized carbons (Fsp3) is 0.400. The Labute approximate surface area is 162 Å². The number of hydrogen-bond acceptors (Lipinski definition) is 5. The Morgan fingerprint density at radius 3 is 2.75 bits per heavy atom. The molecular formula is C20H23N7O. The average Bonchev–Trinajstić information content (AvgIpc) is 3.04. The van der Waals surface area contributed by atoms with Crippen molar-refractivity contribution in [2.45, 2.75) is 38.6 Å². The number of ether oxygens (including phenoxy) is 1. The Bertz CT molecular complexity index is 1170. The van der Waals surface area contributed by atoms with E-state index in [9.17, 15) is 0 Å². The van der Waals surface area contributed by atoms with Crippen molar-refractivity contribution in [2.24, 2.45) is 7.05 Å². The molecule has 2 atom stereocenters. The molecule has 0 bridgehead atoms. The molecular weight excluding hydrogens is 354 g/mol. The first-order valence-electron chi connectivity index (χ1n) is 9.55. The third kappa shape index (κ3) is 2.67. The first-order valence-corrected chi connectivity index (χ1v) is 9.55. The van der Waals surface area contributed by atoms with Crippen LogP contribution in [0.25, 0.3) is 17.0 Å². The highest BCUT2D eigenvalue weighted by atomic mass is 16.5. The van der Waals surface area contributed by atoms with Gasteiger partial charge in [0.2, 0.25) is 5.88 Å². The molecule has 4 aromatic heterocycles. The Hall–Kier alpha value is -3.16. The monoisotopic (exact) mass is 377 g/mol. The first kappa shape index (κ1) is 17.0. The first-order chi connectivity index (χ1) is 13.6. The maximum absolute atomic E-state index is 5.29. The number of methoxy groups -OCH3 is 1. The van der Waals surface area contributed by atoms with Crippen LogP contribution in [0.2, 0.25) is 0 Å². The summed E-state index contributed by atoms with van der Waals surface area (Å²) in [5.74, 6) is 1.56. The van der Waals surface area contributed by atoms with Crippen molar-refractivity contribution in [3.05, 3.63) is 47.5 Å². The second kappa shape index (κ2) is 6.19. The summed E-state index contributed by atoms with van der Waals surface area (Å²) in [5.41, 5.74) is 6.08. The van der Waals surface area contributed by atoms with Crippen LogP contribution in [0.15, 0.2) is 30.6 Å². The van der Waals surface area contributed by atoms with Crippen LogP contribution in [0.4, 0.5) is 0 Å². The molecule has 5 rings (SSSR count). The van der Waals surface area contributed by atoms with Gasteiger partial charge in [-0.1, -0.05) is 0 Å². The normalized spacial score (nSPS) is 18.7. The molecule has 0 amide bonds. The topological polar surface area (TPSA) is 75.1 Å². The molecule has 4 aromatic rings. The molecule has 1 aliphatic carbocycles. The molecule has 0 N–H and O–H groups in total. The van der Waals surface area contributed by atoms with Gasteiger partial charge in [-0.05, 0) is 37.8 Å². The summed E-state index contributed by atoms with van der Waals surface area (Å²) in [4.78, 5) is 4.50. The average molecular weight is 377 g/mol. The van der Waals surface area contributed by atoms with Crippen LogP contribution >= 0.6 is 0 Å². The van der Waals surface area contributed by atoms with Gasteiger partial charge in [-0.15, -0.1) is 0 Å². The minimum Gasteiger partial charge on any atom is -0.481 e. The van der Waals surface area contributed by atoms with E-state index in [4.69, 9.17) is 14.9 Å². The standard InChI is InChI=1S/C20H23N7O/c1-5-26-18(17-9-19-22-20(28-4)6-12(2)27(19)24-17)8-16(23-26)15-7-14(15)13-10-21-25(3)11-13/h6,8-11,14-15H,5,7H2,1-4H3. The number of hydrogen-bond donors (Lipinski definition) is 0. The lowest BCUT2D eigenvalue weighted by Crippen LogP contribution is -2.01. The fourth-order valence-electron chi connectivity index (χ4n) is 3.91. The van der Waals surface area contributed by atoms with Gasteiger partial charge in [0.25, 0.3) is 0 Å². The lowest BCUT2D eigenvalue weighted by atomic mass is 10.1. The Kier molecular flexibility index (Phi) is 3.75. The third-order valence-corrected chi connectivity index (χ3v) is 5.48. The Morgan fingerprint density at radius 2 is 2.04 bits per heavy atom. The summed E-state index contributed by atoms with van der Waals surface area (Å²) in [5, 5.41) is 13.9. The van der Waals surface area contributed by atoms with Crippen molar-refractivity contribution < 1.29 is 4.74 Å². The molecule has 8 heteroatoms. The maximum atomic E-state index is 5.29. The minimum atomic E-state index is 0.452. The number of nitrogens with zero attached hydrogens (tertiary/aromatic N) is 7. The maximum Gasteiger partial charge on any atom is 0.216 e. The Morgan fingerprint density at radius 1 is 1.18 bits per heavy atom. The zero-order valence-electron chi connectivity index (χ0n) is 16.5. The highest BCUT2D eigenvalue weighted by Gasteiger charge is 2.42. The predicted molar refractivity (Wildman–Crippen MR) is 104 cm³/mol. The molecule has 1 saturated carbocycles. The van der Waals surface area contributed by atoms with Crippen molar-refractivity contribution in [1.29, 1.82) is 0 Å². The second-order valence-corrected chi connectivity index (χ2v) is 7.41. The zero-order valence-corrected chi connectivity index (χ0v) is 16.5. The fourth-order valence-corrected chi connectivity index (χ4v) is 3.91. The highest BCUT2D eigenvalue weighted by molar-refractivity contribution is 5.62. The van der Waals surface area contributed by atoms with Gasteiger partial charge in [0.05, 0.1) is 24.7 Å². The van der Waals surface area contributed by atoms with Crippen LogP contribution in [0.5, 0.6) is 5.88 Å². The SMILES string of the molecule is CCn1nc(C2CC2c2cnn(C)c2)cc1-c1cc2nc(OC)cc(C)n2n1. The lowest BCUT2D eigenvalue weighted by molar-refractivity contribution is 0.397. The zero-order chi connectivity index (χ0) is 19.4. The number of aryl methyl sites for hydroxylation is 3. The number of rotatable bonds is 5. The van der Waals surface area contributed by atoms with Gasteiger partial charge in [0, 0.05) is 43.5 Å². The van der Waals surface area contributed by atoms with Gasteiger partial charge in [-0.2, -0.15) is 20.3 Å². The van der Waals surface area contributed by atoms with E-state index >= 15 is 0 Å². The highest BCUT2D eigenvalue weighted by Crippen LogP contribution is 2.54. The van der Waals surface area contributed by atoms with Gasteiger partial charge in [0.15, 0.2) is 5.65 Å². The van der Waals surface area contributed by atoms with Crippen LogP contribution in [0.1, 0.15) is 42.1 Å². The Balaban J connectivity index is 1.51. The van der Waals surface area contributed by atoms with Crippen LogP contribution in [0, 0.1) is 6.92 Å². The van der Waals surface area contributed by atoms with E-state index < -0.39 is 0 Å². The van der Waals surface area contributed by atoms with Crippen molar-refractivity contribution >= 4 is 5.65 Å². The van der Waals surface area contributed by atoms with Crippen LogP contribution in [-0.4, -0.2) is 41.3 Å². The van der Waals surface area contributed by atoms with Gasteiger partial charge in [-0.25, -0.2) is 4.52 Å². The van der Waals surface area contributed by atoms with E-state index in [1.807, 2.05) is 46.2 Å².